The van der Waals surface area contributed by atoms with Gasteiger partial charge >= 0.3 is 0 Å². The van der Waals surface area contributed by atoms with Gasteiger partial charge < -0.3 is 9.47 Å². The average molecular weight is 436 g/mol. The zero-order valence-electron chi connectivity index (χ0n) is 14.8. The minimum Gasteiger partial charge on any atom is -0.493 e. The number of hydrazone groups is 1. The van der Waals surface area contributed by atoms with Gasteiger partial charge in [-0.2, -0.15) is 5.10 Å². The third-order valence-corrected chi connectivity index (χ3v) is 4.20. The lowest BCUT2D eigenvalue weighted by atomic mass is 10.1. The highest BCUT2D eigenvalue weighted by atomic mass is 79.9. The minimum atomic E-state index is -0.518. The number of carbonyl (C=O) groups excluding carboxylic acids is 1. The van der Waals surface area contributed by atoms with Crippen molar-refractivity contribution in [3.63, 3.8) is 0 Å². The van der Waals surface area contributed by atoms with Gasteiger partial charge in [0.2, 0.25) is 5.91 Å². The molecular formula is C18H18BrN3O5. The maximum atomic E-state index is 12.0. The number of para-hydroxylation sites is 1. The molecule has 0 fully saturated rings. The number of rotatable bonds is 8. The number of carbonyl (C=O) groups is 1. The van der Waals surface area contributed by atoms with Crippen LogP contribution in [0.1, 0.15) is 18.1 Å². The zero-order chi connectivity index (χ0) is 19.8. The predicted molar refractivity (Wildman–Crippen MR) is 104 cm³/mol. The Labute approximate surface area is 164 Å². The lowest BCUT2D eigenvalue weighted by Gasteiger charge is -2.11. The molecule has 0 atom stereocenters. The van der Waals surface area contributed by atoms with Crippen LogP contribution in [0.4, 0.5) is 5.69 Å². The molecule has 0 aromatic heterocycles. The Morgan fingerprint density at radius 1 is 1.33 bits per heavy atom. The molecule has 0 aliphatic heterocycles. The third kappa shape index (κ3) is 5.52. The van der Waals surface area contributed by atoms with E-state index in [0.29, 0.717) is 33.7 Å². The second-order valence-corrected chi connectivity index (χ2v) is 6.17. The summed E-state index contributed by atoms with van der Waals surface area (Å²) in [4.78, 5) is 22.5. The molecule has 0 aliphatic carbocycles. The van der Waals surface area contributed by atoms with Crippen LogP contribution in [0.25, 0.3) is 0 Å². The standard InChI is InChI=1S/C18H18BrN3O5/c1-3-27-17-8-13(14(19)10-16(17)26-2)11-20-21-18(23)9-12-6-4-5-7-15(12)22(24)25/h4-8,10-11H,3,9H2,1-2H3,(H,21,23)/b20-11+. The van der Waals surface area contributed by atoms with E-state index in [2.05, 4.69) is 26.5 Å². The molecule has 2 rings (SSSR count). The first kappa shape index (κ1) is 20.4. The largest absolute Gasteiger partial charge is 0.493 e. The molecule has 2 aromatic carbocycles. The zero-order valence-corrected chi connectivity index (χ0v) is 16.4. The van der Waals surface area contributed by atoms with Gasteiger partial charge in [-0.05, 0) is 35.0 Å². The number of nitro groups is 1. The summed E-state index contributed by atoms with van der Waals surface area (Å²) < 4.78 is 11.5. The van der Waals surface area contributed by atoms with Crippen LogP contribution < -0.4 is 14.9 Å². The fourth-order valence-electron chi connectivity index (χ4n) is 2.30. The highest BCUT2D eigenvalue weighted by Gasteiger charge is 2.15. The smallest absolute Gasteiger partial charge is 0.273 e. The van der Waals surface area contributed by atoms with E-state index in [-0.39, 0.29) is 12.1 Å². The van der Waals surface area contributed by atoms with Gasteiger partial charge in [-0.15, -0.1) is 0 Å². The topological polar surface area (TPSA) is 103 Å². The first-order chi connectivity index (χ1) is 13.0. The summed E-state index contributed by atoms with van der Waals surface area (Å²) in [5.41, 5.74) is 3.26. The molecular weight excluding hydrogens is 418 g/mol. The van der Waals surface area contributed by atoms with Crippen LogP contribution in [0.15, 0.2) is 46.0 Å². The van der Waals surface area contributed by atoms with Gasteiger partial charge in [-0.3, -0.25) is 14.9 Å². The van der Waals surface area contributed by atoms with Gasteiger partial charge in [0.05, 0.1) is 31.3 Å². The van der Waals surface area contributed by atoms with E-state index < -0.39 is 10.8 Å². The number of amides is 1. The highest BCUT2D eigenvalue weighted by molar-refractivity contribution is 9.10. The molecule has 1 amide bonds. The van der Waals surface area contributed by atoms with Crippen molar-refractivity contribution in [3.8, 4) is 11.5 Å². The van der Waals surface area contributed by atoms with Crippen LogP contribution in [-0.4, -0.2) is 30.8 Å². The molecule has 0 radical (unpaired) electrons. The second kappa shape index (κ2) is 9.67. The van der Waals surface area contributed by atoms with Gasteiger partial charge in [0.1, 0.15) is 0 Å². The first-order valence-electron chi connectivity index (χ1n) is 8.00. The average Bonchev–Trinajstić information content (AvgIpc) is 2.64. The molecule has 0 bridgehead atoms. The number of hydrogen-bond acceptors (Lipinski definition) is 6. The Hall–Kier alpha value is -2.94. The number of halogens is 1. The Bertz CT molecular complexity index is 870. The molecule has 1 N–H and O–H groups in total. The molecule has 142 valence electrons. The van der Waals surface area contributed by atoms with E-state index in [1.54, 1.807) is 31.4 Å². The first-order valence-corrected chi connectivity index (χ1v) is 8.80. The predicted octanol–water partition coefficient (Wildman–Crippen LogP) is 3.46. The molecule has 8 nitrogen and oxygen atoms in total. The van der Waals surface area contributed by atoms with E-state index in [9.17, 15) is 14.9 Å². The minimum absolute atomic E-state index is 0.101. The Balaban J connectivity index is 2.08. The number of hydrogen-bond donors (Lipinski definition) is 1. The quantitative estimate of drug-likeness (QED) is 0.388. The fraction of sp³-hybridized carbons (Fsp3) is 0.222. The van der Waals surface area contributed by atoms with Crippen molar-refractivity contribution in [2.24, 2.45) is 5.10 Å². The summed E-state index contributed by atoms with van der Waals surface area (Å²) in [6.45, 7) is 2.33. The number of nitrogens with one attached hydrogen (secondary N) is 1. The molecule has 9 heteroatoms. The maximum Gasteiger partial charge on any atom is 0.273 e. The summed E-state index contributed by atoms with van der Waals surface area (Å²) >= 11 is 3.41. The normalized spacial score (nSPS) is 10.6. The van der Waals surface area contributed by atoms with Crippen molar-refractivity contribution in [3.05, 3.63) is 62.1 Å². The van der Waals surface area contributed by atoms with Crippen LogP contribution >= 0.6 is 15.9 Å². The van der Waals surface area contributed by atoms with Gasteiger partial charge in [-0.25, -0.2) is 5.43 Å². The summed E-state index contributed by atoms with van der Waals surface area (Å²) in [7, 11) is 1.54. The van der Waals surface area contributed by atoms with Crippen molar-refractivity contribution < 1.29 is 19.2 Å². The van der Waals surface area contributed by atoms with E-state index in [1.165, 1.54) is 18.3 Å². The molecule has 2 aromatic rings. The van der Waals surface area contributed by atoms with Crippen LogP contribution in [0.5, 0.6) is 11.5 Å². The lowest BCUT2D eigenvalue weighted by Crippen LogP contribution is -2.20. The van der Waals surface area contributed by atoms with Crippen LogP contribution in [0.2, 0.25) is 0 Å². The van der Waals surface area contributed by atoms with Crippen molar-refractivity contribution in [1.82, 2.24) is 5.43 Å². The van der Waals surface area contributed by atoms with Gasteiger partial charge in [-0.1, -0.05) is 18.2 Å². The van der Waals surface area contributed by atoms with E-state index in [4.69, 9.17) is 9.47 Å². The number of benzene rings is 2. The van der Waals surface area contributed by atoms with Crippen LogP contribution in [-0.2, 0) is 11.2 Å². The van der Waals surface area contributed by atoms with Crippen molar-refractivity contribution >= 4 is 33.7 Å². The second-order valence-electron chi connectivity index (χ2n) is 5.31. The highest BCUT2D eigenvalue weighted by Crippen LogP contribution is 2.32. The molecule has 0 spiro atoms. The number of ether oxygens (including phenoxy) is 2. The molecule has 0 saturated heterocycles. The lowest BCUT2D eigenvalue weighted by molar-refractivity contribution is -0.385. The van der Waals surface area contributed by atoms with Gasteiger partial charge in [0, 0.05) is 21.7 Å². The summed E-state index contributed by atoms with van der Waals surface area (Å²) in [6.07, 6.45) is 1.30. The summed E-state index contributed by atoms with van der Waals surface area (Å²) in [5, 5.41) is 14.9. The van der Waals surface area contributed by atoms with Gasteiger partial charge in [0.25, 0.3) is 5.69 Å². The number of nitrogens with zero attached hydrogens (tertiary/aromatic N) is 2. The monoisotopic (exact) mass is 435 g/mol. The van der Waals surface area contributed by atoms with E-state index >= 15 is 0 Å². The molecule has 0 unspecified atom stereocenters. The third-order valence-electron chi connectivity index (χ3n) is 3.51. The number of nitro benzene ring substituents is 1. The van der Waals surface area contributed by atoms with Crippen LogP contribution in [0.3, 0.4) is 0 Å². The van der Waals surface area contributed by atoms with Gasteiger partial charge in [0.15, 0.2) is 11.5 Å². The van der Waals surface area contributed by atoms with Crippen molar-refractivity contribution in [2.45, 2.75) is 13.3 Å². The van der Waals surface area contributed by atoms with Crippen molar-refractivity contribution in [1.29, 1.82) is 0 Å². The molecule has 0 saturated carbocycles. The number of methoxy groups -OCH3 is 1. The molecule has 0 aliphatic rings. The SMILES string of the molecule is CCOc1cc(/C=N/NC(=O)Cc2ccccc2[N+](=O)[O-])c(Br)cc1OC. The molecule has 0 heterocycles. The summed E-state index contributed by atoms with van der Waals surface area (Å²) in [5.74, 6) is 0.660. The Morgan fingerprint density at radius 3 is 2.74 bits per heavy atom. The Morgan fingerprint density at radius 2 is 2.07 bits per heavy atom. The molecule has 27 heavy (non-hydrogen) atoms. The maximum absolute atomic E-state index is 12.0. The van der Waals surface area contributed by atoms with Crippen LogP contribution in [0, 0.1) is 10.1 Å². The van der Waals surface area contributed by atoms with Crippen molar-refractivity contribution in [2.75, 3.05) is 13.7 Å². The Kier molecular flexibility index (Phi) is 7.30. The summed E-state index contributed by atoms with van der Waals surface area (Å²) in [6, 6.07) is 9.55. The fourth-order valence-corrected chi connectivity index (χ4v) is 2.73. The van der Waals surface area contributed by atoms with E-state index in [1.807, 2.05) is 6.92 Å². The van der Waals surface area contributed by atoms with E-state index in [0.717, 1.165) is 0 Å².